The number of rotatable bonds is 5. The molecule has 0 amide bonds. The third kappa shape index (κ3) is 3.55. The molecule has 1 saturated heterocycles. The van der Waals surface area contributed by atoms with E-state index >= 15 is 0 Å². The molecule has 0 spiro atoms. The lowest BCUT2D eigenvalue weighted by Gasteiger charge is -2.28. The number of benzene rings is 1. The Balaban J connectivity index is 1.92. The van der Waals surface area contributed by atoms with Crippen LogP contribution in [-0.2, 0) is 16.1 Å². The standard InChI is InChI=1S/C14H19NO3/c16-14(17)13(12-8-4-5-9-18-12)15-10-11-6-2-1-3-7-11/h1-3,6-7,12-13,15H,4-5,8-10H2,(H,16,17)/t12-,13+/m0/s1. The molecule has 0 aromatic heterocycles. The van der Waals surface area contributed by atoms with Crippen LogP contribution in [0.4, 0.5) is 0 Å². The average molecular weight is 249 g/mol. The van der Waals surface area contributed by atoms with Gasteiger partial charge >= 0.3 is 5.97 Å². The van der Waals surface area contributed by atoms with Crippen molar-refractivity contribution >= 4 is 5.97 Å². The van der Waals surface area contributed by atoms with E-state index in [0.29, 0.717) is 13.2 Å². The Hall–Kier alpha value is -1.39. The number of aliphatic carboxylic acids is 1. The summed E-state index contributed by atoms with van der Waals surface area (Å²) in [5.41, 5.74) is 1.08. The van der Waals surface area contributed by atoms with Crippen LogP contribution in [-0.4, -0.2) is 29.8 Å². The predicted octanol–water partition coefficient (Wildman–Crippen LogP) is 1.80. The molecule has 2 N–H and O–H groups in total. The Kier molecular flexibility index (Phi) is 4.73. The van der Waals surface area contributed by atoms with Gasteiger partial charge in [-0.15, -0.1) is 0 Å². The van der Waals surface area contributed by atoms with Crippen molar-refractivity contribution < 1.29 is 14.6 Å². The van der Waals surface area contributed by atoms with Crippen molar-refractivity contribution in [3.8, 4) is 0 Å². The molecule has 2 atom stereocenters. The van der Waals surface area contributed by atoms with E-state index in [1.54, 1.807) is 0 Å². The monoisotopic (exact) mass is 249 g/mol. The zero-order valence-corrected chi connectivity index (χ0v) is 10.3. The van der Waals surface area contributed by atoms with Crippen molar-refractivity contribution in [2.75, 3.05) is 6.61 Å². The fourth-order valence-corrected chi connectivity index (χ4v) is 2.23. The third-order valence-corrected chi connectivity index (χ3v) is 3.22. The molecule has 1 aromatic carbocycles. The van der Waals surface area contributed by atoms with Gasteiger partial charge in [-0.05, 0) is 24.8 Å². The van der Waals surface area contributed by atoms with Crippen molar-refractivity contribution in [1.29, 1.82) is 0 Å². The van der Waals surface area contributed by atoms with Crippen molar-refractivity contribution in [3.05, 3.63) is 35.9 Å². The molecule has 98 valence electrons. The molecule has 1 aromatic rings. The van der Waals surface area contributed by atoms with Gasteiger partial charge in [-0.2, -0.15) is 0 Å². The van der Waals surface area contributed by atoms with Crippen molar-refractivity contribution in [2.45, 2.75) is 38.0 Å². The van der Waals surface area contributed by atoms with Gasteiger partial charge in [-0.3, -0.25) is 10.1 Å². The Morgan fingerprint density at radius 1 is 1.39 bits per heavy atom. The van der Waals surface area contributed by atoms with Gasteiger partial charge in [0.05, 0.1) is 6.10 Å². The molecule has 1 heterocycles. The molecular weight excluding hydrogens is 230 g/mol. The molecule has 4 nitrogen and oxygen atoms in total. The van der Waals surface area contributed by atoms with Crippen LogP contribution in [0.25, 0.3) is 0 Å². The maximum absolute atomic E-state index is 11.3. The summed E-state index contributed by atoms with van der Waals surface area (Å²) in [5.74, 6) is -0.835. The molecule has 2 rings (SSSR count). The average Bonchev–Trinajstić information content (AvgIpc) is 2.41. The van der Waals surface area contributed by atoms with Gasteiger partial charge in [0.25, 0.3) is 0 Å². The molecule has 0 bridgehead atoms. The molecule has 1 fully saturated rings. The highest BCUT2D eigenvalue weighted by Crippen LogP contribution is 2.16. The number of carboxylic acids is 1. The molecule has 0 radical (unpaired) electrons. The van der Waals surface area contributed by atoms with Crippen molar-refractivity contribution in [3.63, 3.8) is 0 Å². The van der Waals surface area contributed by atoms with E-state index in [4.69, 9.17) is 4.74 Å². The highest BCUT2D eigenvalue weighted by molar-refractivity contribution is 5.74. The Morgan fingerprint density at radius 3 is 2.78 bits per heavy atom. The number of hydrogen-bond acceptors (Lipinski definition) is 3. The Morgan fingerprint density at radius 2 is 2.17 bits per heavy atom. The summed E-state index contributed by atoms with van der Waals surface area (Å²) >= 11 is 0. The summed E-state index contributed by atoms with van der Waals surface area (Å²) in [4.78, 5) is 11.3. The first-order valence-electron chi connectivity index (χ1n) is 6.39. The van der Waals surface area contributed by atoms with E-state index in [1.165, 1.54) is 0 Å². The number of ether oxygens (including phenoxy) is 1. The topological polar surface area (TPSA) is 58.6 Å². The van der Waals surface area contributed by atoms with Gasteiger partial charge in [0.2, 0.25) is 0 Å². The smallest absolute Gasteiger partial charge is 0.323 e. The molecule has 0 unspecified atom stereocenters. The first kappa shape index (κ1) is 13.1. The first-order valence-corrected chi connectivity index (χ1v) is 6.39. The Bertz CT molecular complexity index is 374. The molecule has 0 saturated carbocycles. The molecule has 18 heavy (non-hydrogen) atoms. The van der Waals surface area contributed by atoms with Crippen LogP contribution in [0.15, 0.2) is 30.3 Å². The minimum atomic E-state index is -0.835. The largest absolute Gasteiger partial charge is 0.480 e. The maximum atomic E-state index is 11.3. The fraction of sp³-hybridized carbons (Fsp3) is 0.500. The van der Waals surface area contributed by atoms with Crippen LogP contribution >= 0.6 is 0 Å². The molecule has 0 aliphatic carbocycles. The zero-order chi connectivity index (χ0) is 12.8. The van der Waals surface area contributed by atoms with Crippen LogP contribution in [0.5, 0.6) is 0 Å². The predicted molar refractivity (Wildman–Crippen MR) is 68.3 cm³/mol. The molecule has 1 aliphatic rings. The summed E-state index contributed by atoms with van der Waals surface area (Å²) in [6, 6.07) is 9.18. The second kappa shape index (κ2) is 6.52. The van der Waals surface area contributed by atoms with Crippen LogP contribution in [0.2, 0.25) is 0 Å². The van der Waals surface area contributed by atoms with E-state index in [9.17, 15) is 9.90 Å². The molecule has 1 aliphatic heterocycles. The second-order valence-corrected chi connectivity index (χ2v) is 4.59. The van der Waals surface area contributed by atoms with Gasteiger partial charge < -0.3 is 9.84 Å². The zero-order valence-electron chi connectivity index (χ0n) is 10.3. The van der Waals surface area contributed by atoms with E-state index < -0.39 is 12.0 Å². The summed E-state index contributed by atoms with van der Waals surface area (Å²) in [6.07, 6.45) is 2.68. The summed E-state index contributed by atoms with van der Waals surface area (Å²) in [6.45, 7) is 1.22. The van der Waals surface area contributed by atoms with Crippen molar-refractivity contribution in [2.24, 2.45) is 0 Å². The minimum absolute atomic E-state index is 0.208. The van der Waals surface area contributed by atoms with Crippen LogP contribution in [0.3, 0.4) is 0 Å². The number of carbonyl (C=O) groups is 1. The van der Waals surface area contributed by atoms with Gasteiger partial charge in [-0.1, -0.05) is 30.3 Å². The van der Waals surface area contributed by atoms with E-state index in [1.807, 2.05) is 30.3 Å². The van der Waals surface area contributed by atoms with Gasteiger partial charge in [0.15, 0.2) is 0 Å². The normalized spacial score (nSPS) is 21.4. The highest BCUT2D eigenvalue weighted by atomic mass is 16.5. The minimum Gasteiger partial charge on any atom is -0.480 e. The van der Waals surface area contributed by atoms with Crippen molar-refractivity contribution in [1.82, 2.24) is 5.32 Å². The quantitative estimate of drug-likeness (QED) is 0.835. The molecular formula is C14H19NO3. The molecule has 4 heteroatoms. The SMILES string of the molecule is O=C(O)[C@H](NCc1ccccc1)[C@@H]1CCCCO1. The van der Waals surface area contributed by atoms with Gasteiger partial charge in [0, 0.05) is 13.2 Å². The number of hydrogen-bond donors (Lipinski definition) is 2. The number of carboxylic acid groups (broad SMARTS) is 1. The lowest BCUT2D eigenvalue weighted by atomic mass is 10.0. The lowest BCUT2D eigenvalue weighted by Crippen LogP contribution is -2.48. The van der Waals surface area contributed by atoms with Gasteiger partial charge in [-0.25, -0.2) is 0 Å². The van der Waals surface area contributed by atoms with Gasteiger partial charge in [0.1, 0.15) is 6.04 Å². The maximum Gasteiger partial charge on any atom is 0.323 e. The lowest BCUT2D eigenvalue weighted by molar-refractivity contribution is -0.145. The Labute approximate surface area is 107 Å². The summed E-state index contributed by atoms with van der Waals surface area (Å²) in [5, 5.41) is 12.3. The van der Waals surface area contributed by atoms with Crippen LogP contribution in [0, 0.1) is 0 Å². The third-order valence-electron chi connectivity index (χ3n) is 3.22. The number of nitrogens with one attached hydrogen (secondary N) is 1. The summed E-state index contributed by atoms with van der Waals surface area (Å²) in [7, 11) is 0. The van der Waals surface area contributed by atoms with E-state index in [-0.39, 0.29) is 6.10 Å². The summed E-state index contributed by atoms with van der Waals surface area (Å²) < 4.78 is 5.55. The first-order chi connectivity index (χ1) is 8.77. The highest BCUT2D eigenvalue weighted by Gasteiger charge is 2.29. The fourth-order valence-electron chi connectivity index (χ4n) is 2.23. The van der Waals surface area contributed by atoms with E-state index in [0.717, 1.165) is 24.8 Å². The van der Waals surface area contributed by atoms with Crippen LogP contribution < -0.4 is 5.32 Å². The van der Waals surface area contributed by atoms with E-state index in [2.05, 4.69) is 5.32 Å². The second-order valence-electron chi connectivity index (χ2n) is 4.59. The van der Waals surface area contributed by atoms with Crippen LogP contribution in [0.1, 0.15) is 24.8 Å².